The van der Waals surface area contributed by atoms with Crippen LogP contribution in [0.15, 0.2) is 18.3 Å². The van der Waals surface area contributed by atoms with E-state index in [9.17, 15) is 4.79 Å². The van der Waals surface area contributed by atoms with Crippen LogP contribution in [0.5, 0.6) is 0 Å². The van der Waals surface area contributed by atoms with Gasteiger partial charge in [0.15, 0.2) is 0 Å². The van der Waals surface area contributed by atoms with Crippen molar-refractivity contribution in [2.24, 2.45) is 0 Å². The van der Waals surface area contributed by atoms with Crippen molar-refractivity contribution in [2.45, 2.75) is 18.9 Å². The number of pyridine rings is 1. The number of nitrogens with zero attached hydrogens (tertiary/aromatic N) is 3. The fourth-order valence-electron chi connectivity index (χ4n) is 1.73. The van der Waals surface area contributed by atoms with E-state index in [1.54, 1.807) is 12.1 Å². The van der Waals surface area contributed by atoms with Gasteiger partial charge < -0.3 is 10.2 Å². The van der Waals surface area contributed by atoms with Gasteiger partial charge in [-0.05, 0) is 32.0 Å². The molecule has 1 fully saturated rings. The first-order chi connectivity index (χ1) is 8.70. The normalized spacial score (nSPS) is 14.3. The Morgan fingerprint density at radius 3 is 2.94 bits per heavy atom. The number of hydrogen-bond donors (Lipinski definition) is 1. The average molecular weight is 244 g/mol. The van der Waals surface area contributed by atoms with Crippen molar-refractivity contribution in [3.63, 3.8) is 0 Å². The lowest BCUT2D eigenvalue weighted by Gasteiger charge is -2.15. The first-order valence-corrected chi connectivity index (χ1v) is 6.05. The zero-order chi connectivity index (χ0) is 13.0. The number of nitriles is 1. The molecule has 1 N–H and O–H groups in total. The van der Waals surface area contributed by atoms with E-state index in [0.717, 1.165) is 6.54 Å². The molecule has 0 spiro atoms. The molecule has 5 nitrogen and oxygen atoms in total. The zero-order valence-electron chi connectivity index (χ0n) is 10.4. The molecular formula is C13H16N4O. The van der Waals surface area contributed by atoms with Crippen LogP contribution in [0.25, 0.3) is 0 Å². The smallest absolute Gasteiger partial charge is 0.269 e. The number of aromatic nitrogens is 1. The SMILES string of the molecule is CN(CCNC(=O)c1ccc(C#N)cn1)C1CC1. The Hall–Kier alpha value is -1.93. The Morgan fingerprint density at radius 1 is 1.61 bits per heavy atom. The van der Waals surface area contributed by atoms with E-state index in [0.29, 0.717) is 23.8 Å². The molecule has 1 aromatic heterocycles. The van der Waals surface area contributed by atoms with Crippen molar-refractivity contribution < 1.29 is 4.79 Å². The van der Waals surface area contributed by atoms with Gasteiger partial charge in [-0.2, -0.15) is 5.26 Å². The number of amides is 1. The Balaban J connectivity index is 1.78. The maximum Gasteiger partial charge on any atom is 0.269 e. The van der Waals surface area contributed by atoms with Gasteiger partial charge in [0.25, 0.3) is 5.91 Å². The molecule has 0 saturated heterocycles. The third-order valence-electron chi connectivity index (χ3n) is 3.05. The quantitative estimate of drug-likeness (QED) is 0.831. The van der Waals surface area contributed by atoms with E-state index >= 15 is 0 Å². The van der Waals surface area contributed by atoms with Crippen molar-refractivity contribution in [1.82, 2.24) is 15.2 Å². The first-order valence-electron chi connectivity index (χ1n) is 6.05. The van der Waals surface area contributed by atoms with Gasteiger partial charge in [0.2, 0.25) is 0 Å². The van der Waals surface area contributed by atoms with Gasteiger partial charge in [-0.25, -0.2) is 4.98 Å². The Labute approximate surface area is 106 Å². The van der Waals surface area contributed by atoms with Gasteiger partial charge in [-0.1, -0.05) is 0 Å². The highest BCUT2D eigenvalue weighted by Gasteiger charge is 2.25. The van der Waals surface area contributed by atoms with Crippen LogP contribution in [0.1, 0.15) is 28.9 Å². The summed E-state index contributed by atoms with van der Waals surface area (Å²) in [5, 5.41) is 11.5. The second kappa shape index (κ2) is 5.61. The van der Waals surface area contributed by atoms with Crippen LogP contribution in [-0.2, 0) is 0 Å². The summed E-state index contributed by atoms with van der Waals surface area (Å²) in [6, 6.07) is 5.84. The summed E-state index contributed by atoms with van der Waals surface area (Å²) in [5.74, 6) is -0.191. The van der Waals surface area contributed by atoms with Crippen molar-refractivity contribution in [3.8, 4) is 6.07 Å². The summed E-state index contributed by atoms with van der Waals surface area (Å²) in [4.78, 5) is 17.9. The molecule has 1 amide bonds. The molecule has 1 aliphatic rings. The van der Waals surface area contributed by atoms with E-state index in [1.807, 2.05) is 6.07 Å². The predicted molar refractivity (Wildman–Crippen MR) is 66.9 cm³/mol. The van der Waals surface area contributed by atoms with E-state index < -0.39 is 0 Å². The molecule has 1 heterocycles. The molecule has 1 saturated carbocycles. The molecule has 0 radical (unpaired) electrons. The van der Waals surface area contributed by atoms with Gasteiger partial charge in [-0.3, -0.25) is 4.79 Å². The summed E-state index contributed by atoms with van der Waals surface area (Å²) in [6.07, 6.45) is 3.94. The van der Waals surface area contributed by atoms with Crippen LogP contribution in [0, 0.1) is 11.3 Å². The van der Waals surface area contributed by atoms with Crippen molar-refractivity contribution >= 4 is 5.91 Å². The summed E-state index contributed by atoms with van der Waals surface area (Å²) in [6.45, 7) is 1.47. The summed E-state index contributed by atoms with van der Waals surface area (Å²) in [7, 11) is 2.07. The van der Waals surface area contributed by atoms with Crippen LogP contribution in [0.4, 0.5) is 0 Å². The largest absolute Gasteiger partial charge is 0.349 e. The molecular weight excluding hydrogens is 228 g/mol. The predicted octanol–water partition coefficient (Wildman–Crippen LogP) is 0.777. The highest BCUT2D eigenvalue weighted by molar-refractivity contribution is 5.92. The molecule has 94 valence electrons. The highest BCUT2D eigenvalue weighted by Crippen LogP contribution is 2.24. The van der Waals surface area contributed by atoms with Gasteiger partial charge in [0.1, 0.15) is 11.8 Å². The van der Waals surface area contributed by atoms with Crippen LogP contribution in [0.2, 0.25) is 0 Å². The summed E-state index contributed by atoms with van der Waals surface area (Å²) >= 11 is 0. The highest BCUT2D eigenvalue weighted by atomic mass is 16.1. The lowest BCUT2D eigenvalue weighted by molar-refractivity contribution is 0.0944. The fraction of sp³-hybridized carbons (Fsp3) is 0.462. The van der Waals surface area contributed by atoms with Gasteiger partial charge in [-0.15, -0.1) is 0 Å². The number of likely N-dealkylation sites (N-methyl/N-ethyl adjacent to an activating group) is 1. The minimum atomic E-state index is -0.191. The fourth-order valence-corrected chi connectivity index (χ4v) is 1.73. The minimum Gasteiger partial charge on any atom is -0.349 e. The number of hydrogen-bond acceptors (Lipinski definition) is 4. The molecule has 0 bridgehead atoms. The number of rotatable bonds is 5. The molecule has 0 atom stereocenters. The second-order valence-electron chi connectivity index (χ2n) is 4.51. The lowest BCUT2D eigenvalue weighted by atomic mass is 10.2. The molecule has 1 aromatic rings. The first kappa shape index (κ1) is 12.5. The molecule has 0 aliphatic heterocycles. The maximum absolute atomic E-state index is 11.7. The van der Waals surface area contributed by atoms with Crippen molar-refractivity contribution in [2.75, 3.05) is 20.1 Å². The van der Waals surface area contributed by atoms with Crippen LogP contribution in [-0.4, -0.2) is 42.0 Å². The third-order valence-corrected chi connectivity index (χ3v) is 3.05. The van der Waals surface area contributed by atoms with Gasteiger partial charge in [0, 0.05) is 25.3 Å². The number of carbonyl (C=O) groups excluding carboxylic acids is 1. The Morgan fingerprint density at radius 2 is 2.39 bits per heavy atom. The standard InChI is InChI=1S/C13H16N4O/c1-17(11-3-4-11)7-6-15-13(18)12-5-2-10(8-14)9-16-12/h2,5,9,11H,3-4,6-7H2,1H3,(H,15,18). The number of nitrogens with one attached hydrogen (secondary N) is 1. The molecule has 0 aromatic carbocycles. The average Bonchev–Trinajstić information content (AvgIpc) is 3.23. The van der Waals surface area contributed by atoms with Crippen LogP contribution >= 0.6 is 0 Å². The molecule has 5 heteroatoms. The van der Waals surface area contributed by atoms with E-state index in [4.69, 9.17) is 5.26 Å². The molecule has 18 heavy (non-hydrogen) atoms. The van der Waals surface area contributed by atoms with Gasteiger partial charge in [0.05, 0.1) is 5.56 Å². The minimum absolute atomic E-state index is 0.191. The lowest BCUT2D eigenvalue weighted by Crippen LogP contribution is -2.34. The Bertz CT molecular complexity index is 459. The monoisotopic (exact) mass is 244 g/mol. The van der Waals surface area contributed by atoms with Crippen molar-refractivity contribution in [3.05, 3.63) is 29.6 Å². The van der Waals surface area contributed by atoms with Crippen LogP contribution in [0.3, 0.4) is 0 Å². The number of carbonyl (C=O) groups is 1. The van der Waals surface area contributed by atoms with Crippen LogP contribution < -0.4 is 5.32 Å². The van der Waals surface area contributed by atoms with E-state index in [-0.39, 0.29) is 5.91 Å². The molecule has 1 aliphatic carbocycles. The van der Waals surface area contributed by atoms with E-state index in [2.05, 4.69) is 22.2 Å². The second-order valence-corrected chi connectivity index (χ2v) is 4.51. The molecule has 0 unspecified atom stereocenters. The topological polar surface area (TPSA) is 69.0 Å². The van der Waals surface area contributed by atoms with Crippen molar-refractivity contribution in [1.29, 1.82) is 5.26 Å². The third kappa shape index (κ3) is 3.28. The maximum atomic E-state index is 11.7. The molecule has 2 rings (SSSR count). The van der Waals surface area contributed by atoms with E-state index in [1.165, 1.54) is 19.0 Å². The summed E-state index contributed by atoms with van der Waals surface area (Å²) < 4.78 is 0. The van der Waals surface area contributed by atoms with Gasteiger partial charge >= 0.3 is 0 Å². The summed E-state index contributed by atoms with van der Waals surface area (Å²) in [5.41, 5.74) is 0.808. The zero-order valence-corrected chi connectivity index (χ0v) is 10.4. The Kier molecular flexibility index (Phi) is 3.90.